The van der Waals surface area contributed by atoms with Gasteiger partial charge in [-0.3, -0.25) is 24.0 Å². The summed E-state index contributed by atoms with van der Waals surface area (Å²) in [5.41, 5.74) is 1.23. The number of amides is 6. The molecule has 0 fully saturated rings. The van der Waals surface area contributed by atoms with Crippen LogP contribution >= 0.6 is 68.0 Å². The smallest absolute Gasteiger partial charge is 0.422 e. The summed E-state index contributed by atoms with van der Waals surface area (Å²) in [5.74, 6) is -3.38. The Bertz CT molecular complexity index is 3880. The number of nitrogens with zero attached hydrogens (tertiary/aromatic N) is 7. The van der Waals surface area contributed by atoms with Crippen molar-refractivity contribution in [1.82, 2.24) is 66.2 Å². The number of methoxy groups -OCH3 is 1. The number of hydrogen-bond donors (Lipinski definition) is 8. The van der Waals surface area contributed by atoms with E-state index in [2.05, 4.69) is 46.3 Å². The predicted molar refractivity (Wildman–Crippen MR) is 319 cm³/mol. The average Bonchev–Trinajstić information content (AvgIpc) is 3.82. The van der Waals surface area contributed by atoms with Crippen LogP contribution in [0.5, 0.6) is 0 Å². The molecule has 25 nitrogen and oxygen atoms in total. The molecule has 0 unspecified atom stereocenters. The first kappa shape index (κ1) is 61.0. The molecule has 7 aromatic heterocycles. The summed E-state index contributed by atoms with van der Waals surface area (Å²) in [4.78, 5) is 116. The lowest BCUT2D eigenvalue weighted by molar-refractivity contribution is -0.122. The number of carbonyl (C=O) groups is 6. The number of hydrogen-bond acceptors (Lipinski definition) is 24. The van der Waals surface area contributed by atoms with E-state index in [1.165, 1.54) is 36.3 Å². The highest BCUT2D eigenvalue weighted by Crippen LogP contribution is 2.40. The number of pyridine rings is 1. The van der Waals surface area contributed by atoms with E-state index in [1.54, 1.807) is 85.6 Å². The molecule has 8 aromatic rings. The van der Waals surface area contributed by atoms with Crippen LogP contribution in [0.1, 0.15) is 127 Å². The minimum absolute atomic E-state index is 0.0106. The lowest BCUT2D eigenvalue weighted by atomic mass is 10.0. The molecule has 84 heavy (non-hydrogen) atoms. The highest BCUT2D eigenvalue weighted by molar-refractivity contribution is 7.91. The highest BCUT2D eigenvalue weighted by atomic mass is 32.2. The number of carbonyl (C=O) groups excluding carboxylic acids is 6. The molecule has 10 bridgehead atoms. The van der Waals surface area contributed by atoms with Crippen molar-refractivity contribution in [3.05, 3.63) is 111 Å². The molecule has 0 radical (unpaired) electrons. The molecule has 8 heterocycles. The van der Waals surface area contributed by atoms with Gasteiger partial charge in [-0.1, -0.05) is 44.2 Å². The van der Waals surface area contributed by atoms with Gasteiger partial charge in [0.25, 0.3) is 17.7 Å². The Morgan fingerprint density at radius 2 is 1.42 bits per heavy atom. The second-order valence-electron chi connectivity index (χ2n) is 19.9. The Morgan fingerprint density at radius 1 is 0.726 bits per heavy atom. The first-order valence-electron chi connectivity index (χ1n) is 25.4. The molecule has 9 rings (SSSR count). The number of aromatic nitrogens is 7. The number of aryl methyl sites for hydroxylation is 1. The van der Waals surface area contributed by atoms with E-state index in [-0.39, 0.29) is 63.2 Å². The molecule has 32 heteroatoms. The summed E-state index contributed by atoms with van der Waals surface area (Å²) in [7, 11) is -1.57. The lowest BCUT2D eigenvalue weighted by Crippen LogP contribution is -2.40. The second kappa shape index (κ2) is 25.7. The van der Waals surface area contributed by atoms with Gasteiger partial charge < -0.3 is 41.2 Å². The molecule has 1 aliphatic heterocycles. The summed E-state index contributed by atoms with van der Waals surface area (Å²) in [6, 6.07) is 9.14. The molecule has 4 atom stereocenters. The van der Waals surface area contributed by atoms with E-state index in [1.807, 2.05) is 13.8 Å². The summed E-state index contributed by atoms with van der Waals surface area (Å²) in [6.45, 7) is 9.64. The van der Waals surface area contributed by atoms with Gasteiger partial charge in [0.15, 0.2) is 5.82 Å². The minimum Gasteiger partial charge on any atom is -0.443 e. The van der Waals surface area contributed by atoms with Gasteiger partial charge >= 0.3 is 16.3 Å². The number of thiazole rings is 6. The van der Waals surface area contributed by atoms with Crippen LogP contribution in [0.15, 0.2) is 64.0 Å². The molecule has 0 spiro atoms. The van der Waals surface area contributed by atoms with Crippen LogP contribution in [0.25, 0.3) is 43.4 Å². The Labute approximate surface area is 504 Å². The van der Waals surface area contributed by atoms with E-state index in [0.717, 1.165) is 56.7 Å². The summed E-state index contributed by atoms with van der Waals surface area (Å²) < 4.78 is 40.4. The maximum absolute atomic E-state index is 14.3. The largest absolute Gasteiger partial charge is 0.443 e. The third kappa shape index (κ3) is 14.5. The third-order valence-corrected chi connectivity index (χ3v) is 18.7. The molecule has 0 saturated heterocycles. The fourth-order valence-corrected chi connectivity index (χ4v) is 14.5. The summed E-state index contributed by atoms with van der Waals surface area (Å²) >= 11 is 6.83. The maximum Gasteiger partial charge on any atom is 0.422 e. The summed E-state index contributed by atoms with van der Waals surface area (Å²) in [5, 5.41) is 34.3. The monoisotopic (exact) mass is 1270 g/mol. The number of aliphatic hydroxyl groups is 1. The van der Waals surface area contributed by atoms with E-state index < -0.39 is 82.2 Å². The van der Waals surface area contributed by atoms with Crippen molar-refractivity contribution < 1.29 is 51.8 Å². The molecule has 6 amide bonds. The van der Waals surface area contributed by atoms with Gasteiger partial charge in [-0.2, -0.15) is 8.42 Å². The number of rotatable bonds is 11. The molecule has 0 aliphatic carbocycles. The Morgan fingerprint density at radius 3 is 2.14 bits per heavy atom. The van der Waals surface area contributed by atoms with Crippen molar-refractivity contribution >= 4 is 120 Å². The van der Waals surface area contributed by atoms with E-state index in [9.17, 15) is 42.3 Å². The van der Waals surface area contributed by atoms with Crippen molar-refractivity contribution in [1.29, 1.82) is 0 Å². The molecule has 1 aliphatic rings. The zero-order valence-electron chi connectivity index (χ0n) is 45.9. The van der Waals surface area contributed by atoms with Crippen LogP contribution in [-0.2, 0) is 35.9 Å². The molecular weight excluding hydrogens is 1220 g/mol. The third-order valence-electron chi connectivity index (χ3n) is 12.1. The van der Waals surface area contributed by atoms with Gasteiger partial charge in [0.1, 0.15) is 82.0 Å². The predicted octanol–water partition coefficient (Wildman–Crippen LogP) is 7.49. The van der Waals surface area contributed by atoms with Gasteiger partial charge in [-0.05, 0) is 51.3 Å². The van der Waals surface area contributed by atoms with E-state index >= 15 is 0 Å². The van der Waals surface area contributed by atoms with Crippen LogP contribution in [-0.4, -0.2) is 110 Å². The molecule has 1 aromatic carbocycles. The van der Waals surface area contributed by atoms with Gasteiger partial charge in [0.2, 0.25) is 11.8 Å². The standard InChI is InChI=1S/C52H54N14O11S7/c1-23(2)36-50-64-39(32(83-50)18-76-8)43(71)54-17-35(68)61-40(41(69)25-12-10-9-11-13-25)49-59-31(21-80-49)47-57-29(19-79-47)38-26(14-15-27(55-38)46-60-33(22-81-46)65-84(74,75)66-51(73)77-52(4,5)6)45-58-30(20-78-45)42(70)56-28(16-34(67)53-7)48-63-37(24(3)82-48)44(72)62-36/h9-15,19-23,28,36,40-41,65,69H,16-18H2,1-8H3,(H,53,67)(H,54,71)(H,56,70)(H,61,68)(H,62,72)(H,66,73)/t28-,36-,40-,41-/m0/s1. The van der Waals surface area contributed by atoms with Crippen molar-refractivity contribution in [2.24, 2.45) is 5.92 Å². The number of benzene rings is 1. The van der Waals surface area contributed by atoms with Gasteiger partial charge in [0.05, 0.1) is 42.2 Å². The number of anilines is 1. The summed E-state index contributed by atoms with van der Waals surface area (Å²) in [6.07, 6.45) is -2.74. The van der Waals surface area contributed by atoms with E-state index in [4.69, 9.17) is 29.4 Å². The van der Waals surface area contributed by atoms with Crippen LogP contribution in [0.2, 0.25) is 0 Å². The fraction of sp³-hybridized carbons (Fsp3) is 0.327. The Balaban J connectivity index is 1.12. The number of aliphatic hydroxyl groups excluding tert-OH is 1. The molecule has 8 N–H and O–H groups in total. The van der Waals surface area contributed by atoms with E-state index in [0.29, 0.717) is 52.3 Å². The SMILES string of the molecule is CNC(=O)C[C@@H]1NC(=O)c2csc(n2)-c2ccc(-c3nc(NS(=O)(=O)NC(=O)OC(C)(C)C)cs3)nc2-c2csc(n2)-c2csc(n2)[C@H]([C@@H](O)c2ccccc2)NC(=O)CNC(=O)c2nc(sc2COC)[C@H](C(C)C)NC(=O)c2nc1sc2C. The first-order valence-corrected chi connectivity index (χ1v) is 32.1. The van der Waals surface area contributed by atoms with Crippen molar-refractivity contribution in [2.45, 2.75) is 84.4 Å². The molecule has 0 saturated carbocycles. The molecular formula is C52H54N14O11S7. The van der Waals surface area contributed by atoms with Crippen LogP contribution < -0.4 is 36.0 Å². The average molecular weight is 1280 g/mol. The van der Waals surface area contributed by atoms with Crippen LogP contribution in [0.4, 0.5) is 10.6 Å². The fourth-order valence-electron chi connectivity index (χ4n) is 8.20. The molecule has 440 valence electrons. The number of fused-ring (bicyclic) bond motifs is 14. The minimum atomic E-state index is -4.48. The number of ether oxygens (including phenoxy) is 2. The van der Waals surface area contributed by atoms with Crippen molar-refractivity contribution in [3.63, 3.8) is 0 Å². The maximum atomic E-state index is 14.3. The Hall–Kier alpha value is -7.56. The normalized spacial score (nSPS) is 16.6. The quantitative estimate of drug-likeness (QED) is 0.0621. The first-order chi connectivity index (χ1) is 40.0. The van der Waals surface area contributed by atoms with Crippen LogP contribution in [0, 0.1) is 12.8 Å². The van der Waals surface area contributed by atoms with Gasteiger partial charge in [0, 0.05) is 46.1 Å². The Kier molecular flexibility index (Phi) is 18.7. The zero-order chi connectivity index (χ0) is 60.2. The highest BCUT2D eigenvalue weighted by Gasteiger charge is 2.33. The second-order valence-corrected chi connectivity index (χ2v) is 27.1. The van der Waals surface area contributed by atoms with Crippen molar-refractivity contribution in [2.75, 3.05) is 25.4 Å². The van der Waals surface area contributed by atoms with Gasteiger partial charge in [-0.15, -0.1) is 68.0 Å². The lowest BCUT2D eigenvalue weighted by Gasteiger charge is -2.23. The zero-order valence-corrected chi connectivity index (χ0v) is 51.6. The van der Waals surface area contributed by atoms with Gasteiger partial charge in [-0.25, -0.2) is 49.1 Å². The topological polar surface area (TPSA) is 350 Å². The van der Waals surface area contributed by atoms with Crippen molar-refractivity contribution in [3.8, 4) is 43.4 Å². The van der Waals surface area contributed by atoms with Crippen LogP contribution in [0.3, 0.4) is 0 Å². The number of nitrogens with one attached hydrogen (secondary N) is 7.